The van der Waals surface area contributed by atoms with E-state index >= 15 is 0 Å². The highest BCUT2D eigenvalue weighted by Gasteiger charge is 2.25. The van der Waals surface area contributed by atoms with E-state index in [9.17, 15) is 9.90 Å². The summed E-state index contributed by atoms with van der Waals surface area (Å²) in [6, 6.07) is 17.5. The van der Waals surface area contributed by atoms with Crippen molar-refractivity contribution in [3.05, 3.63) is 70.8 Å². The van der Waals surface area contributed by atoms with E-state index in [-0.39, 0.29) is 18.3 Å². The molecule has 3 nitrogen and oxygen atoms in total. The normalized spacial score (nSPS) is 19.0. The van der Waals surface area contributed by atoms with Crippen LogP contribution in [0, 0.1) is 5.92 Å². The number of allylic oxidation sites excluding steroid dienone is 1. The van der Waals surface area contributed by atoms with Gasteiger partial charge in [-0.15, -0.1) is 12.4 Å². The molecular formula is C25H30ClNO2. The lowest BCUT2D eigenvalue weighted by molar-refractivity contribution is -0.143. The van der Waals surface area contributed by atoms with Crippen LogP contribution < -0.4 is 0 Å². The third kappa shape index (κ3) is 5.29. The first-order chi connectivity index (χ1) is 13.7. The molecular weight excluding hydrogens is 382 g/mol. The van der Waals surface area contributed by atoms with E-state index in [0.29, 0.717) is 6.54 Å². The molecule has 0 radical (unpaired) electrons. The van der Waals surface area contributed by atoms with E-state index in [4.69, 9.17) is 0 Å². The average molecular weight is 412 g/mol. The van der Waals surface area contributed by atoms with Crippen LogP contribution in [0.15, 0.2) is 48.5 Å². The number of benzene rings is 2. The summed E-state index contributed by atoms with van der Waals surface area (Å²) >= 11 is 0. The minimum Gasteiger partial charge on any atom is -0.481 e. The quantitative estimate of drug-likeness (QED) is 0.723. The number of hydrogen-bond donors (Lipinski definition) is 1. The standard InChI is InChI=1S/C25H29NO2.ClH/c27-25(28)23-11-6-16-26(18-23)15-5-10-22-17-21-9-2-1-7-19(21)13-14-20-8-3-4-12-24(20)22;/h1-4,7-9,12,17,23H,5-6,10-11,13-16,18H2,(H,27,28);1H/t23-;/m1./s1. The molecule has 2 aromatic carbocycles. The molecule has 0 amide bonds. The Morgan fingerprint density at radius 1 is 1.03 bits per heavy atom. The number of nitrogens with zero attached hydrogens (tertiary/aromatic N) is 1. The zero-order valence-corrected chi connectivity index (χ0v) is 17.7. The smallest absolute Gasteiger partial charge is 0.307 e. The van der Waals surface area contributed by atoms with Gasteiger partial charge in [-0.2, -0.15) is 0 Å². The molecule has 1 fully saturated rings. The Morgan fingerprint density at radius 2 is 1.76 bits per heavy atom. The van der Waals surface area contributed by atoms with E-state index in [1.807, 2.05) is 0 Å². The highest BCUT2D eigenvalue weighted by molar-refractivity contribution is 5.85. The van der Waals surface area contributed by atoms with Crippen LogP contribution in [0.1, 0.15) is 47.9 Å². The number of aryl methyl sites for hydroxylation is 2. The number of carboxylic acid groups (broad SMARTS) is 1. The van der Waals surface area contributed by atoms with Crippen LogP contribution >= 0.6 is 12.4 Å². The number of rotatable bonds is 5. The van der Waals surface area contributed by atoms with Gasteiger partial charge in [0.1, 0.15) is 0 Å². The van der Waals surface area contributed by atoms with Gasteiger partial charge < -0.3 is 10.0 Å². The van der Waals surface area contributed by atoms with Gasteiger partial charge in [-0.05, 0) is 79.4 Å². The van der Waals surface area contributed by atoms with Crippen molar-refractivity contribution in [2.75, 3.05) is 19.6 Å². The topological polar surface area (TPSA) is 40.5 Å². The predicted octanol–water partition coefficient (Wildman–Crippen LogP) is 5.32. The van der Waals surface area contributed by atoms with E-state index in [1.54, 1.807) is 0 Å². The van der Waals surface area contributed by atoms with E-state index in [0.717, 1.165) is 51.6 Å². The van der Waals surface area contributed by atoms with Gasteiger partial charge in [0, 0.05) is 6.54 Å². The molecule has 2 aromatic rings. The van der Waals surface area contributed by atoms with Gasteiger partial charge in [-0.1, -0.05) is 54.6 Å². The van der Waals surface area contributed by atoms with Gasteiger partial charge in [0.2, 0.25) is 0 Å². The summed E-state index contributed by atoms with van der Waals surface area (Å²) in [6.45, 7) is 2.71. The molecule has 1 aliphatic heterocycles. The minimum absolute atomic E-state index is 0. The lowest BCUT2D eigenvalue weighted by Gasteiger charge is -2.30. The van der Waals surface area contributed by atoms with Gasteiger partial charge >= 0.3 is 5.97 Å². The fourth-order valence-electron chi connectivity index (χ4n) is 4.65. The summed E-state index contributed by atoms with van der Waals surface area (Å²) in [5.74, 6) is -0.833. The number of carbonyl (C=O) groups is 1. The van der Waals surface area contributed by atoms with E-state index < -0.39 is 5.97 Å². The molecule has 0 aromatic heterocycles. The number of hydrogen-bond acceptors (Lipinski definition) is 2. The predicted molar refractivity (Wildman–Crippen MR) is 121 cm³/mol. The first kappa shape index (κ1) is 21.6. The Labute approximate surface area is 179 Å². The molecule has 154 valence electrons. The van der Waals surface area contributed by atoms with Crippen molar-refractivity contribution >= 4 is 30.0 Å². The molecule has 29 heavy (non-hydrogen) atoms. The lowest BCUT2D eigenvalue weighted by atomic mass is 9.87. The zero-order valence-electron chi connectivity index (χ0n) is 16.8. The maximum atomic E-state index is 11.3. The largest absolute Gasteiger partial charge is 0.481 e. The number of fused-ring (bicyclic) bond motifs is 2. The maximum absolute atomic E-state index is 11.3. The zero-order chi connectivity index (χ0) is 19.3. The second kappa shape index (κ2) is 10.1. The summed E-state index contributed by atoms with van der Waals surface area (Å²) in [5, 5.41) is 9.31. The number of aliphatic carboxylic acids is 1. The summed E-state index contributed by atoms with van der Waals surface area (Å²) in [6.07, 6.45) is 8.45. The molecule has 1 aliphatic carbocycles. The molecule has 1 heterocycles. The summed E-state index contributed by atoms with van der Waals surface area (Å²) < 4.78 is 0. The fraction of sp³-hybridized carbons (Fsp3) is 0.400. The van der Waals surface area contributed by atoms with Crippen LogP contribution in [-0.2, 0) is 17.6 Å². The highest BCUT2D eigenvalue weighted by Crippen LogP contribution is 2.31. The van der Waals surface area contributed by atoms with Crippen molar-refractivity contribution < 1.29 is 9.90 Å². The van der Waals surface area contributed by atoms with Crippen molar-refractivity contribution in [3.8, 4) is 0 Å². The molecule has 4 heteroatoms. The van der Waals surface area contributed by atoms with E-state index in [1.165, 1.54) is 27.8 Å². The number of halogens is 1. The second-order valence-electron chi connectivity index (χ2n) is 8.11. The molecule has 0 bridgehead atoms. The van der Waals surface area contributed by atoms with Crippen molar-refractivity contribution in [1.29, 1.82) is 0 Å². The molecule has 1 atom stereocenters. The van der Waals surface area contributed by atoms with Gasteiger partial charge in [-0.25, -0.2) is 0 Å². The summed E-state index contributed by atoms with van der Waals surface area (Å²) in [4.78, 5) is 13.6. The minimum atomic E-state index is -0.641. The number of carboxylic acids is 1. The van der Waals surface area contributed by atoms with Gasteiger partial charge in [-0.3, -0.25) is 4.79 Å². The fourth-order valence-corrected chi connectivity index (χ4v) is 4.65. The lowest BCUT2D eigenvalue weighted by Crippen LogP contribution is -2.39. The Hall–Kier alpha value is -2.10. The van der Waals surface area contributed by atoms with Crippen molar-refractivity contribution in [1.82, 2.24) is 4.90 Å². The molecule has 0 saturated carbocycles. The molecule has 0 spiro atoms. The van der Waals surface area contributed by atoms with Crippen LogP contribution in [-0.4, -0.2) is 35.6 Å². The third-order valence-corrected chi connectivity index (χ3v) is 6.19. The Kier molecular flexibility index (Phi) is 7.51. The van der Waals surface area contributed by atoms with Crippen LogP contribution in [0.25, 0.3) is 11.6 Å². The number of piperidine rings is 1. The third-order valence-electron chi connectivity index (χ3n) is 6.19. The SMILES string of the molecule is Cl.O=C(O)[C@@H]1CCCN(CCCC2=Cc3ccccc3CCc3ccccc32)C1. The first-order valence-electron chi connectivity index (χ1n) is 10.5. The molecule has 2 aliphatic rings. The molecule has 0 unspecified atom stereocenters. The maximum Gasteiger partial charge on any atom is 0.307 e. The Balaban J connectivity index is 0.00000240. The van der Waals surface area contributed by atoms with Crippen LogP contribution in [0.4, 0.5) is 0 Å². The summed E-state index contributed by atoms with van der Waals surface area (Å²) in [5.41, 5.74) is 7.01. The van der Waals surface area contributed by atoms with Gasteiger partial charge in [0.15, 0.2) is 0 Å². The Morgan fingerprint density at radius 3 is 2.59 bits per heavy atom. The van der Waals surface area contributed by atoms with Gasteiger partial charge in [0.05, 0.1) is 5.92 Å². The van der Waals surface area contributed by atoms with E-state index in [2.05, 4.69) is 59.5 Å². The average Bonchev–Trinajstić information content (AvgIpc) is 2.71. The second-order valence-corrected chi connectivity index (χ2v) is 8.11. The van der Waals surface area contributed by atoms with Gasteiger partial charge in [0.25, 0.3) is 0 Å². The highest BCUT2D eigenvalue weighted by atomic mass is 35.5. The van der Waals surface area contributed by atoms with Crippen LogP contribution in [0.5, 0.6) is 0 Å². The number of likely N-dealkylation sites (tertiary alicyclic amines) is 1. The summed E-state index contributed by atoms with van der Waals surface area (Å²) in [7, 11) is 0. The Bertz CT molecular complexity index is 877. The van der Waals surface area contributed by atoms with Crippen molar-refractivity contribution in [2.45, 2.75) is 38.5 Å². The monoisotopic (exact) mass is 411 g/mol. The molecule has 4 rings (SSSR count). The van der Waals surface area contributed by atoms with Crippen LogP contribution in [0.2, 0.25) is 0 Å². The van der Waals surface area contributed by atoms with Crippen molar-refractivity contribution in [2.24, 2.45) is 5.92 Å². The molecule has 1 saturated heterocycles. The van der Waals surface area contributed by atoms with Crippen LogP contribution in [0.3, 0.4) is 0 Å². The molecule has 1 N–H and O–H groups in total. The first-order valence-corrected chi connectivity index (χ1v) is 10.5. The van der Waals surface area contributed by atoms with Crippen molar-refractivity contribution in [3.63, 3.8) is 0 Å².